The zero-order chi connectivity index (χ0) is 10.3. The highest BCUT2D eigenvalue weighted by Crippen LogP contribution is 2.09. The number of unbranched alkanes of at least 4 members (excludes halogenated alkanes) is 2. The van der Waals surface area contributed by atoms with E-state index in [1.165, 1.54) is 0 Å². The standard InChI is InChI=1S/C8H14O4S/c9-7(10)5-3-1-2-4-6(13)8(11)12/h6,13H,1-5H2,(H,9,10)(H,11,12). The number of hydrogen-bond acceptors (Lipinski definition) is 3. The Morgan fingerprint density at radius 2 is 1.77 bits per heavy atom. The van der Waals surface area contributed by atoms with Gasteiger partial charge in [-0.05, 0) is 12.8 Å². The molecule has 0 saturated heterocycles. The van der Waals surface area contributed by atoms with Crippen molar-refractivity contribution < 1.29 is 19.8 Å². The number of carboxylic acid groups (broad SMARTS) is 2. The van der Waals surface area contributed by atoms with Crippen LogP contribution >= 0.6 is 12.6 Å². The second-order valence-corrected chi connectivity index (χ2v) is 3.47. The van der Waals surface area contributed by atoms with E-state index in [1.807, 2.05) is 0 Å². The summed E-state index contributed by atoms with van der Waals surface area (Å²) in [5.41, 5.74) is 0. The lowest BCUT2D eigenvalue weighted by molar-refractivity contribution is -0.138. The van der Waals surface area contributed by atoms with Crippen LogP contribution in [0.1, 0.15) is 32.1 Å². The molecular weight excluding hydrogens is 192 g/mol. The number of carbonyl (C=O) groups is 2. The molecule has 0 aromatic rings. The average molecular weight is 206 g/mol. The molecule has 0 aromatic heterocycles. The third-order valence-corrected chi connectivity index (χ3v) is 2.13. The highest BCUT2D eigenvalue weighted by molar-refractivity contribution is 7.81. The van der Waals surface area contributed by atoms with Gasteiger partial charge in [0.15, 0.2) is 0 Å². The fourth-order valence-corrected chi connectivity index (χ4v) is 1.10. The van der Waals surface area contributed by atoms with Gasteiger partial charge in [0.25, 0.3) is 0 Å². The number of thiol groups is 1. The Kier molecular flexibility index (Phi) is 6.40. The first-order chi connectivity index (χ1) is 6.04. The first-order valence-corrected chi connectivity index (χ1v) is 4.68. The van der Waals surface area contributed by atoms with E-state index in [1.54, 1.807) is 0 Å². The van der Waals surface area contributed by atoms with Gasteiger partial charge in [0, 0.05) is 6.42 Å². The number of carboxylic acids is 2. The van der Waals surface area contributed by atoms with Crippen molar-refractivity contribution in [1.82, 2.24) is 0 Å². The predicted molar refractivity (Wildman–Crippen MR) is 51.1 cm³/mol. The smallest absolute Gasteiger partial charge is 0.316 e. The van der Waals surface area contributed by atoms with Crippen LogP contribution in [0.4, 0.5) is 0 Å². The molecule has 0 heterocycles. The average Bonchev–Trinajstić information content (AvgIpc) is 2.02. The number of rotatable bonds is 7. The Balaban J connectivity index is 3.26. The first kappa shape index (κ1) is 12.3. The molecule has 0 aliphatic heterocycles. The van der Waals surface area contributed by atoms with Crippen LogP contribution in [0.25, 0.3) is 0 Å². The molecule has 2 N–H and O–H groups in total. The molecule has 13 heavy (non-hydrogen) atoms. The van der Waals surface area contributed by atoms with Crippen molar-refractivity contribution in [3.05, 3.63) is 0 Å². The SMILES string of the molecule is O=C(O)CCCCCC(S)C(=O)O. The van der Waals surface area contributed by atoms with E-state index >= 15 is 0 Å². The fourth-order valence-electron chi connectivity index (χ4n) is 0.914. The van der Waals surface area contributed by atoms with Gasteiger partial charge in [0.2, 0.25) is 0 Å². The lowest BCUT2D eigenvalue weighted by Gasteiger charge is -2.03. The Morgan fingerprint density at radius 1 is 1.15 bits per heavy atom. The van der Waals surface area contributed by atoms with E-state index in [0.717, 1.165) is 6.42 Å². The van der Waals surface area contributed by atoms with Crippen LogP contribution in [0.2, 0.25) is 0 Å². The predicted octanol–water partition coefficient (Wildman–Crippen LogP) is 1.40. The molecular formula is C8H14O4S. The molecule has 1 atom stereocenters. The van der Waals surface area contributed by atoms with Crippen molar-refractivity contribution in [2.75, 3.05) is 0 Å². The summed E-state index contributed by atoms with van der Waals surface area (Å²) < 4.78 is 0. The maximum atomic E-state index is 10.3. The molecule has 0 bridgehead atoms. The van der Waals surface area contributed by atoms with Gasteiger partial charge in [0.05, 0.1) is 5.25 Å². The lowest BCUT2D eigenvalue weighted by Crippen LogP contribution is -2.12. The Morgan fingerprint density at radius 3 is 2.23 bits per heavy atom. The zero-order valence-electron chi connectivity index (χ0n) is 7.27. The third kappa shape index (κ3) is 7.64. The molecule has 0 aliphatic carbocycles. The highest BCUT2D eigenvalue weighted by Gasteiger charge is 2.10. The van der Waals surface area contributed by atoms with Crippen LogP contribution < -0.4 is 0 Å². The Bertz CT molecular complexity index is 181. The van der Waals surface area contributed by atoms with Gasteiger partial charge in [-0.25, -0.2) is 0 Å². The van der Waals surface area contributed by atoms with Crippen molar-refractivity contribution in [1.29, 1.82) is 0 Å². The summed E-state index contributed by atoms with van der Waals surface area (Å²) >= 11 is 3.85. The molecule has 0 aromatic carbocycles. The maximum Gasteiger partial charge on any atom is 0.316 e. The van der Waals surface area contributed by atoms with Crippen molar-refractivity contribution in [3.8, 4) is 0 Å². The van der Waals surface area contributed by atoms with Gasteiger partial charge < -0.3 is 10.2 Å². The van der Waals surface area contributed by atoms with Crippen molar-refractivity contribution >= 4 is 24.6 Å². The van der Waals surface area contributed by atoms with E-state index in [9.17, 15) is 9.59 Å². The summed E-state index contributed by atoms with van der Waals surface area (Å²) in [4.78, 5) is 20.4. The van der Waals surface area contributed by atoms with Crippen LogP contribution in [0, 0.1) is 0 Å². The minimum Gasteiger partial charge on any atom is -0.481 e. The second-order valence-electron chi connectivity index (χ2n) is 2.85. The third-order valence-electron chi connectivity index (χ3n) is 1.65. The summed E-state index contributed by atoms with van der Waals surface area (Å²) in [6.45, 7) is 0. The fraction of sp³-hybridized carbons (Fsp3) is 0.750. The van der Waals surface area contributed by atoms with Crippen LogP contribution in [-0.4, -0.2) is 27.4 Å². The van der Waals surface area contributed by atoms with E-state index < -0.39 is 17.2 Å². The minimum atomic E-state index is -0.915. The summed E-state index contributed by atoms with van der Waals surface area (Å²) in [5.74, 6) is -1.72. The lowest BCUT2D eigenvalue weighted by atomic mass is 10.1. The van der Waals surface area contributed by atoms with Gasteiger partial charge in [-0.1, -0.05) is 12.8 Å². The van der Waals surface area contributed by atoms with Crippen LogP contribution in [0.5, 0.6) is 0 Å². The highest BCUT2D eigenvalue weighted by atomic mass is 32.1. The number of hydrogen-bond donors (Lipinski definition) is 3. The normalized spacial score (nSPS) is 12.4. The van der Waals surface area contributed by atoms with Crippen LogP contribution in [0.3, 0.4) is 0 Å². The maximum absolute atomic E-state index is 10.3. The van der Waals surface area contributed by atoms with Gasteiger partial charge in [-0.2, -0.15) is 12.6 Å². The Hall–Kier alpha value is -0.710. The Labute approximate surface area is 82.4 Å². The quantitative estimate of drug-likeness (QED) is 0.435. The molecule has 0 spiro atoms. The summed E-state index contributed by atoms with van der Waals surface area (Å²) in [7, 11) is 0. The first-order valence-electron chi connectivity index (χ1n) is 4.16. The van der Waals surface area contributed by atoms with E-state index in [0.29, 0.717) is 19.3 Å². The van der Waals surface area contributed by atoms with E-state index in [4.69, 9.17) is 10.2 Å². The molecule has 5 heteroatoms. The van der Waals surface area contributed by atoms with Gasteiger partial charge in [-0.15, -0.1) is 0 Å². The molecule has 0 rings (SSSR count). The summed E-state index contributed by atoms with van der Waals surface area (Å²) in [6.07, 6.45) is 2.72. The van der Waals surface area contributed by atoms with Crippen molar-refractivity contribution in [3.63, 3.8) is 0 Å². The second kappa shape index (κ2) is 6.77. The molecule has 4 nitrogen and oxygen atoms in total. The van der Waals surface area contributed by atoms with Crippen LogP contribution in [0.15, 0.2) is 0 Å². The number of aliphatic carboxylic acids is 2. The zero-order valence-corrected chi connectivity index (χ0v) is 8.17. The van der Waals surface area contributed by atoms with Gasteiger partial charge in [-0.3, -0.25) is 9.59 Å². The molecule has 1 unspecified atom stereocenters. The van der Waals surface area contributed by atoms with Crippen molar-refractivity contribution in [2.45, 2.75) is 37.4 Å². The molecule has 76 valence electrons. The van der Waals surface area contributed by atoms with E-state index in [2.05, 4.69) is 12.6 Å². The summed E-state index contributed by atoms with van der Waals surface area (Å²) in [6, 6.07) is 0. The molecule has 0 saturated carbocycles. The molecule has 0 amide bonds. The topological polar surface area (TPSA) is 74.6 Å². The largest absolute Gasteiger partial charge is 0.481 e. The van der Waals surface area contributed by atoms with Gasteiger partial charge >= 0.3 is 11.9 Å². The van der Waals surface area contributed by atoms with Crippen molar-refractivity contribution in [2.24, 2.45) is 0 Å². The molecule has 0 radical (unpaired) electrons. The minimum absolute atomic E-state index is 0.157. The van der Waals surface area contributed by atoms with Crippen LogP contribution in [-0.2, 0) is 9.59 Å². The molecule has 0 aliphatic rings. The summed E-state index contributed by atoms with van der Waals surface area (Å²) in [5, 5.41) is 16.1. The van der Waals surface area contributed by atoms with Gasteiger partial charge in [0.1, 0.15) is 0 Å². The molecule has 0 fully saturated rings. The monoisotopic (exact) mass is 206 g/mol. The van der Waals surface area contributed by atoms with E-state index in [-0.39, 0.29) is 6.42 Å².